The molecule has 1 aliphatic rings. The second-order valence-corrected chi connectivity index (χ2v) is 4.52. The van der Waals surface area contributed by atoms with E-state index in [9.17, 15) is 0 Å². The molecule has 0 aromatic rings. The number of hydrogen-bond acceptors (Lipinski definition) is 2. The first-order valence-electron chi connectivity index (χ1n) is 3.61. The summed E-state index contributed by atoms with van der Waals surface area (Å²) in [6.07, 6.45) is 2.54. The number of thioether (sulfide) groups is 1. The van der Waals surface area contributed by atoms with Crippen LogP contribution in [0, 0.1) is 5.92 Å². The van der Waals surface area contributed by atoms with E-state index in [-0.39, 0.29) is 0 Å². The first-order valence-corrected chi connectivity index (χ1v) is 4.55. The maximum absolute atomic E-state index is 5.73. The summed E-state index contributed by atoms with van der Waals surface area (Å²) < 4.78 is 0. The van der Waals surface area contributed by atoms with Gasteiger partial charge in [0.25, 0.3) is 0 Å². The van der Waals surface area contributed by atoms with Gasteiger partial charge in [-0.2, -0.15) is 0 Å². The van der Waals surface area contributed by atoms with Crippen molar-refractivity contribution in [2.75, 3.05) is 0 Å². The van der Waals surface area contributed by atoms with Crippen LogP contribution in [-0.4, -0.2) is 10.6 Å². The van der Waals surface area contributed by atoms with Gasteiger partial charge in [-0.15, -0.1) is 11.8 Å². The monoisotopic (exact) mass is 145 g/mol. The molecule has 0 aliphatic carbocycles. The fourth-order valence-corrected chi connectivity index (χ4v) is 2.49. The average Bonchev–Trinajstić information content (AvgIpc) is 2.14. The zero-order chi connectivity index (χ0) is 6.85. The highest BCUT2D eigenvalue weighted by Crippen LogP contribution is 2.34. The van der Waals surface area contributed by atoms with Gasteiger partial charge in [0.05, 0.1) is 5.37 Å². The van der Waals surface area contributed by atoms with E-state index in [4.69, 9.17) is 5.73 Å². The maximum Gasteiger partial charge on any atom is 0.0510 e. The summed E-state index contributed by atoms with van der Waals surface area (Å²) in [7, 11) is 0. The maximum atomic E-state index is 5.73. The van der Waals surface area contributed by atoms with E-state index in [0.717, 1.165) is 11.2 Å². The number of nitrogens with two attached hydrogens (primary N) is 1. The fraction of sp³-hybridized carbons (Fsp3) is 1.00. The lowest BCUT2D eigenvalue weighted by atomic mass is 10.1. The minimum atomic E-state index is 0.428. The normalized spacial score (nSPS) is 36.0. The average molecular weight is 145 g/mol. The van der Waals surface area contributed by atoms with Crippen molar-refractivity contribution in [3.05, 3.63) is 0 Å². The van der Waals surface area contributed by atoms with E-state index in [1.165, 1.54) is 12.8 Å². The lowest BCUT2D eigenvalue weighted by Gasteiger charge is -2.11. The van der Waals surface area contributed by atoms with Crippen molar-refractivity contribution < 1.29 is 0 Å². The molecule has 0 amide bonds. The van der Waals surface area contributed by atoms with Gasteiger partial charge in [-0.05, 0) is 18.8 Å². The molecular weight excluding hydrogens is 130 g/mol. The third-order valence-electron chi connectivity index (χ3n) is 1.83. The third-order valence-corrected chi connectivity index (χ3v) is 3.54. The molecule has 2 atom stereocenters. The Balaban J connectivity index is 2.30. The SMILES string of the molecule is CC(C)C1CCC(N)S1. The molecule has 54 valence electrons. The van der Waals surface area contributed by atoms with Crippen molar-refractivity contribution in [3.63, 3.8) is 0 Å². The second kappa shape index (κ2) is 2.93. The van der Waals surface area contributed by atoms with Crippen LogP contribution in [0.4, 0.5) is 0 Å². The van der Waals surface area contributed by atoms with Crippen LogP contribution in [0.2, 0.25) is 0 Å². The van der Waals surface area contributed by atoms with Gasteiger partial charge in [-0.3, -0.25) is 0 Å². The molecule has 1 nitrogen and oxygen atoms in total. The van der Waals surface area contributed by atoms with Crippen LogP contribution in [0.3, 0.4) is 0 Å². The van der Waals surface area contributed by atoms with Gasteiger partial charge >= 0.3 is 0 Å². The molecule has 0 bridgehead atoms. The van der Waals surface area contributed by atoms with Crippen LogP contribution in [0.25, 0.3) is 0 Å². The van der Waals surface area contributed by atoms with E-state index >= 15 is 0 Å². The van der Waals surface area contributed by atoms with Crippen LogP contribution in [0.15, 0.2) is 0 Å². The summed E-state index contributed by atoms with van der Waals surface area (Å²) in [4.78, 5) is 0. The van der Waals surface area contributed by atoms with Crippen molar-refractivity contribution in [3.8, 4) is 0 Å². The van der Waals surface area contributed by atoms with Crippen molar-refractivity contribution in [1.82, 2.24) is 0 Å². The van der Waals surface area contributed by atoms with Gasteiger partial charge in [-0.25, -0.2) is 0 Å². The summed E-state index contributed by atoms with van der Waals surface area (Å²) in [5.41, 5.74) is 5.73. The number of hydrogen-bond donors (Lipinski definition) is 1. The largest absolute Gasteiger partial charge is 0.319 e. The van der Waals surface area contributed by atoms with Gasteiger partial charge in [0.15, 0.2) is 0 Å². The highest BCUT2D eigenvalue weighted by Gasteiger charge is 2.24. The van der Waals surface area contributed by atoms with Crippen molar-refractivity contribution in [2.24, 2.45) is 11.7 Å². The second-order valence-electron chi connectivity index (χ2n) is 3.03. The Morgan fingerprint density at radius 3 is 2.33 bits per heavy atom. The molecule has 1 fully saturated rings. The van der Waals surface area contributed by atoms with Gasteiger partial charge in [0.1, 0.15) is 0 Å². The zero-order valence-corrected chi connectivity index (χ0v) is 6.95. The zero-order valence-electron chi connectivity index (χ0n) is 6.13. The first kappa shape index (κ1) is 7.42. The van der Waals surface area contributed by atoms with E-state index in [1.807, 2.05) is 11.8 Å². The van der Waals surface area contributed by atoms with Crippen LogP contribution >= 0.6 is 11.8 Å². The van der Waals surface area contributed by atoms with Crippen molar-refractivity contribution >= 4 is 11.8 Å². The van der Waals surface area contributed by atoms with Gasteiger partial charge in [0.2, 0.25) is 0 Å². The predicted molar refractivity (Wildman–Crippen MR) is 43.4 cm³/mol. The molecule has 2 heteroatoms. The van der Waals surface area contributed by atoms with Crippen molar-refractivity contribution in [2.45, 2.75) is 37.3 Å². The Morgan fingerprint density at radius 1 is 1.44 bits per heavy atom. The van der Waals surface area contributed by atoms with Gasteiger partial charge < -0.3 is 5.73 Å². The lowest BCUT2D eigenvalue weighted by molar-refractivity contribution is 0.579. The van der Waals surface area contributed by atoms with Gasteiger partial charge in [-0.1, -0.05) is 13.8 Å². The Morgan fingerprint density at radius 2 is 2.11 bits per heavy atom. The van der Waals surface area contributed by atoms with E-state index in [2.05, 4.69) is 13.8 Å². The minimum Gasteiger partial charge on any atom is -0.319 e. The highest BCUT2D eigenvalue weighted by molar-refractivity contribution is 8.00. The molecule has 9 heavy (non-hydrogen) atoms. The molecule has 0 radical (unpaired) electrons. The predicted octanol–water partition coefficient (Wildman–Crippen LogP) is 1.82. The van der Waals surface area contributed by atoms with Crippen LogP contribution in [0.1, 0.15) is 26.7 Å². The Labute approximate surface area is 61.4 Å². The Bertz CT molecular complexity index is 92.9. The molecule has 0 aromatic heterocycles. The van der Waals surface area contributed by atoms with E-state index < -0.39 is 0 Å². The smallest absolute Gasteiger partial charge is 0.0510 e. The Hall–Kier alpha value is 0.310. The summed E-state index contributed by atoms with van der Waals surface area (Å²) in [6.45, 7) is 4.55. The molecule has 2 N–H and O–H groups in total. The molecule has 0 spiro atoms. The molecule has 0 aromatic carbocycles. The molecule has 1 heterocycles. The molecule has 1 aliphatic heterocycles. The minimum absolute atomic E-state index is 0.428. The third kappa shape index (κ3) is 1.87. The molecule has 1 saturated heterocycles. The van der Waals surface area contributed by atoms with Crippen LogP contribution < -0.4 is 5.73 Å². The number of rotatable bonds is 1. The molecule has 2 unspecified atom stereocenters. The molecule has 0 saturated carbocycles. The van der Waals surface area contributed by atoms with Gasteiger partial charge in [0, 0.05) is 5.25 Å². The summed E-state index contributed by atoms with van der Waals surface area (Å²) in [5, 5.41) is 1.26. The Kier molecular flexibility index (Phi) is 2.42. The van der Waals surface area contributed by atoms with E-state index in [1.54, 1.807) is 0 Å². The molecular formula is C7H15NS. The first-order chi connectivity index (χ1) is 4.20. The van der Waals surface area contributed by atoms with Crippen LogP contribution in [0.5, 0.6) is 0 Å². The van der Waals surface area contributed by atoms with Crippen molar-refractivity contribution in [1.29, 1.82) is 0 Å². The fourth-order valence-electron chi connectivity index (χ4n) is 1.18. The quantitative estimate of drug-likeness (QED) is 0.609. The molecule has 1 rings (SSSR count). The summed E-state index contributed by atoms with van der Waals surface area (Å²) >= 11 is 1.95. The topological polar surface area (TPSA) is 26.0 Å². The standard InChI is InChI=1S/C7H15NS/c1-5(2)6-3-4-7(8)9-6/h5-7H,3-4,8H2,1-2H3. The van der Waals surface area contributed by atoms with E-state index in [0.29, 0.717) is 5.37 Å². The highest BCUT2D eigenvalue weighted by atomic mass is 32.2. The lowest BCUT2D eigenvalue weighted by Crippen LogP contribution is -2.11. The summed E-state index contributed by atoms with van der Waals surface area (Å²) in [6, 6.07) is 0. The van der Waals surface area contributed by atoms with Crippen LogP contribution in [-0.2, 0) is 0 Å². The summed E-state index contributed by atoms with van der Waals surface area (Å²) in [5.74, 6) is 0.809.